The summed E-state index contributed by atoms with van der Waals surface area (Å²) in [6.45, 7) is 1.14. The topological polar surface area (TPSA) is 28.2 Å². The van der Waals surface area contributed by atoms with E-state index in [0.29, 0.717) is 0 Å². The molecule has 2 nitrogen and oxygen atoms in total. The highest BCUT2D eigenvalue weighted by Gasteiger charge is 2.31. The van der Waals surface area contributed by atoms with E-state index in [1.54, 1.807) is 0 Å². The minimum atomic E-state index is -0.0560. The van der Waals surface area contributed by atoms with Crippen LogP contribution in [0.5, 0.6) is 0 Å². The van der Waals surface area contributed by atoms with Crippen LogP contribution < -0.4 is 4.90 Å². The van der Waals surface area contributed by atoms with Gasteiger partial charge in [0.1, 0.15) is 0 Å². The predicted molar refractivity (Wildman–Crippen MR) is 95.0 cm³/mol. The van der Waals surface area contributed by atoms with Gasteiger partial charge in [0.25, 0.3) is 0 Å². The summed E-state index contributed by atoms with van der Waals surface area (Å²) in [6, 6.07) is 19.6. The molecule has 0 radical (unpaired) electrons. The number of nitriles is 1. The van der Waals surface area contributed by atoms with Crippen molar-refractivity contribution in [2.75, 3.05) is 20.6 Å². The lowest BCUT2D eigenvalue weighted by Crippen LogP contribution is -3.05. The van der Waals surface area contributed by atoms with Crippen LogP contribution in [-0.4, -0.2) is 20.6 Å². The summed E-state index contributed by atoms with van der Waals surface area (Å²) in [6.07, 6.45) is 2.21. The molecule has 3 heteroatoms. The van der Waals surface area contributed by atoms with E-state index in [9.17, 15) is 5.26 Å². The Bertz CT molecular complexity index is 718. The molecule has 1 heterocycles. The predicted octanol–water partition coefficient (Wildman–Crippen LogP) is 3.47. The van der Waals surface area contributed by atoms with Crippen molar-refractivity contribution >= 4 is 11.8 Å². The van der Waals surface area contributed by atoms with E-state index in [0.717, 1.165) is 19.4 Å². The molecule has 2 atom stereocenters. The highest BCUT2D eigenvalue weighted by molar-refractivity contribution is 7.99. The van der Waals surface area contributed by atoms with Gasteiger partial charge in [0.05, 0.1) is 32.6 Å². The van der Waals surface area contributed by atoms with Crippen molar-refractivity contribution in [3.63, 3.8) is 0 Å². The first-order valence-electron chi connectivity index (χ1n) is 8.25. The lowest BCUT2D eigenvalue weighted by Gasteiger charge is -2.22. The fourth-order valence-corrected chi connectivity index (χ4v) is 4.56. The van der Waals surface area contributed by atoms with Crippen LogP contribution in [0.4, 0.5) is 0 Å². The van der Waals surface area contributed by atoms with Crippen molar-refractivity contribution < 1.29 is 4.90 Å². The molecular weight excluding hydrogens is 300 g/mol. The summed E-state index contributed by atoms with van der Waals surface area (Å²) in [4.78, 5) is 4.00. The van der Waals surface area contributed by atoms with Crippen molar-refractivity contribution in [1.82, 2.24) is 0 Å². The molecule has 0 saturated carbocycles. The van der Waals surface area contributed by atoms with Gasteiger partial charge in [-0.25, -0.2) is 0 Å². The van der Waals surface area contributed by atoms with Crippen LogP contribution in [0, 0.1) is 11.3 Å². The SMILES string of the molecule is C[NH+](C)CCC[C@H]1c2ccccc2Sc2ccccc2[C@@H]1C#N. The van der Waals surface area contributed by atoms with E-state index in [4.69, 9.17) is 0 Å². The van der Waals surface area contributed by atoms with Crippen LogP contribution in [0.25, 0.3) is 0 Å². The maximum atomic E-state index is 9.90. The Morgan fingerprint density at radius 1 is 1.00 bits per heavy atom. The van der Waals surface area contributed by atoms with E-state index in [1.807, 2.05) is 11.8 Å². The molecule has 0 fully saturated rings. The molecule has 2 aromatic rings. The highest BCUT2D eigenvalue weighted by atomic mass is 32.2. The highest BCUT2D eigenvalue weighted by Crippen LogP contribution is 2.48. The normalized spacial score (nSPS) is 19.6. The third-order valence-electron chi connectivity index (χ3n) is 4.53. The molecule has 23 heavy (non-hydrogen) atoms. The quantitative estimate of drug-likeness (QED) is 0.933. The zero-order chi connectivity index (χ0) is 16.2. The molecule has 0 aromatic heterocycles. The Hall–Kier alpha value is -1.76. The molecule has 0 amide bonds. The minimum Gasteiger partial charge on any atom is -0.340 e. The Balaban J connectivity index is 2.02. The van der Waals surface area contributed by atoms with Gasteiger partial charge in [-0.3, -0.25) is 0 Å². The summed E-state index contributed by atoms with van der Waals surface area (Å²) >= 11 is 1.81. The van der Waals surface area contributed by atoms with Gasteiger partial charge >= 0.3 is 0 Å². The van der Waals surface area contributed by atoms with Gasteiger partial charge in [0.15, 0.2) is 0 Å². The van der Waals surface area contributed by atoms with Crippen molar-refractivity contribution in [3.05, 3.63) is 59.7 Å². The van der Waals surface area contributed by atoms with Crippen LogP contribution in [0.2, 0.25) is 0 Å². The van der Waals surface area contributed by atoms with Gasteiger partial charge in [-0.2, -0.15) is 5.26 Å². The molecule has 118 valence electrons. The number of hydrogen-bond donors (Lipinski definition) is 1. The molecule has 0 saturated heterocycles. The van der Waals surface area contributed by atoms with Crippen molar-refractivity contribution in [2.45, 2.75) is 34.5 Å². The minimum absolute atomic E-state index is 0.0560. The van der Waals surface area contributed by atoms with Gasteiger partial charge in [-0.05, 0) is 36.1 Å². The Kier molecular flexibility index (Phi) is 5.05. The van der Waals surface area contributed by atoms with Gasteiger partial charge < -0.3 is 4.90 Å². The average molecular weight is 323 g/mol. The van der Waals surface area contributed by atoms with Crippen molar-refractivity contribution in [3.8, 4) is 6.07 Å². The number of fused-ring (bicyclic) bond motifs is 2. The maximum absolute atomic E-state index is 9.90. The van der Waals surface area contributed by atoms with E-state index >= 15 is 0 Å². The van der Waals surface area contributed by atoms with Crippen LogP contribution in [0.15, 0.2) is 58.3 Å². The zero-order valence-corrected chi connectivity index (χ0v) is 14.6. The smallest absolute Gasteiger partial charge is 0.0792 e. The van der Waals surface area contributed by atoms with Crippen LogP contribution in [0.1, 0.15) is 35.8 Å². The standard InChI is InChI=1S/C20H22N2S/c1-22(2)13-7-10-15-16-8-3-5-11-19(16)23-20-12-6-4-9-17(20)18(15)14-21/h3-6,8-9,11-12,15,18H,7,10,13H2,1-2H3/p+1/t15-,18+/m0/s1. The Morgan fingerprint density at radius 3 is 2.26 bits per heavy atom. The summed E-state index contributed by atoms with van der Waals surface area (Å²) in [7, 11) is 4.38. The summed E-state index contributed by atoms with van der Waals surface area (Å²) in [5.74, 6) is 0.228. The van der Waals surface area contributed by atoms with Crippen LogP contribution in [0.3, 0.4) is 0 Å². The van der Waals surface area contributed by atoms with E-state index in [2.05, 4.69) is 68.7 Å². The molecule has 0 spiro atoms. The number of quaternary nitrogens is 1. The average Bonchev–Trinajstić information content (AvgIpc) is 2.68. The molecule has 2 aromatic carbocycles. The van der Waals surface area contributed by atoms with Crippen LogP contribution in [-0.2, 0) is 0 Å². The molecule has 1 N–H and O–H groups in total. The molecule has 1 aliphatic rings. The van der Waals surface area contributed by atoms with Crippen LogP contribution >= 0.6 is 11.8 Å². The third kappa shape index (κ3) is 3.44. The zero-order valence-electron chi connectivity index (χ0n) is 13.8. The van der Waals surface area contributed by atoms with Crippen molar-refractivity contribution in [2.24, 2.45) is 0 Å². The molecule has 1 aliphatic heterocycles. The Labute approximate surface area is 143 Å². The fraction of sp³-hybridized carbons (Fsp3) is 0.350. The van der Waals surface area contributed by atoms with Gasteiger partial charge in [-0.1, -0.05) is 48.2 Å². The lowest BCUT2D eigenvalue weighted by atomic mass is 9.79. The molecule has 0 aliphatic carbocycles. The van der Waals surface area contributed by atoms with E-state index in [1.165, 1.54) is 25.8 Å². The summed E-state index contributed by atoms with van der Waals surface area (Å²) in [5, 5.41) is 9.90. The summed E-state index contributed by atoms with van der Waals surface area (Å²) in [5.41, 5.74) is 2.53. The second kappa shape index (κ2) is 7.21. The molecule has 0 bridgehead atoms. The number of rotatable bonds is 4. The Morgan fingerprint density at radius 2 is 1.61 bits per heavy atom. The molecular formula is C20H23N2S+. The molecule has 3 rings (SSSR count). The second-order valence-electron chi connectivity index (χ2n) is 6.49. The number of nitrogens with one attached hydrogen (secondary N) is 1. The first kappa shape index (κ1) is 16.1. The number of nitrogens with zero attached hydrogens (tertiary/aromatic N) is 1. The number of hydrogen-bond acceptors (Lipinski definition) is 2. The fourth-order valence-electron chi connectivity index (χ4n) is 3.38. The van der Waals surface area contributed by atoms with Gasteiger partial charge in [0.2, 0.25) is 0 Å². The summed E-state index contributed by atoms with van der Waals surface area (Å²) < 4.78 is 0. The molecule has 0 unspecified atom stereocenters. The first-order valence-corrected chi connectivity index (χ1v) is 9.06. The van der Waals surface area contributed by atoms with E-state index in [-0.39, 0.29) is 11.8 Å². The van der Waals surface area contributed by atoms with Crippen molar-refractivity contribution in [1.29, 1.82) is 5.26 Å². The maximum Gasteiger partial charge on any atom is 0.0792 e. The third-order valence-corrected chi connectivity index (χ3v) is 5.71. The second-order valence-corrected chi connectivity index (χ2v) is 7.57. The number of benzene rings is 2. The first-order chi connectivity index (χ1) is 11.2. The van der Waals surface area contributed by atoms with E-state index < -0.39 is 0 Å². The van der Waals surface area contributed by atoms with Gasteiger partial charge in [-0.15, -0.1) is 0 Å². The van der Waals surface area contributed by atoms with Gasteiger partial charge in [0, 0.05) is 15.7 Å². The monoisotopic (exact) mass is 323 g/mol. The largest absolute Gasteiger partial charge is 0.340 e. The lowest BCUT2D eigenvalue weighted by molar-refractivity contribution is -0.858.